The Morgan fingerprint density at radius 1 is 0.967 bits per heavy atom. The van der Waals surface area contributed by atoms with Crippen LogP contribution >= 0.6 is 0 Å². The first-order valence-corrected chi connectivity index (χ1v) is 10.1. The molecule has 0 aliphatic heterocycles. The van der Waals surface area contributed by atoms with Gasteiger partial charge in [-0.25, -0.2) is 4.99 Å². The summed E-state index contributed by atoms with van der Waals surface area (Å²) in [7, 11) is 0. The van der Waals surface area contributed by atoms with Gasteiger partial charge in [0.05, 0.1) is 12.6 Å². The zero-order chi connectivity index (χ0) is 21.4. The first-order valence-electron chi connectivity index (χ1n) is 10.1. The largest absolute Gasteiger partial charge is 0.491 e. The molecule has 0 bridgehead atoms. The van der Waals surface area contributed by atoms with Crippen LogP contribution < -0.4 is 15.8 Å². The van der Waals surface area contributed by atoms with Crippen LogP contribution in [0.15, 0.2) is 89.9 Å². The van der Waals surface area contributed by atoms with Crippen molar-refractivity contribution in [3.05, 3.63) is 96.1 Å². The second-order valence-corrected chi connectivity index (χ2v) is 7.58. The fourth-order valence-electron chi connectivity index (χ4n) is 3.22. The van der Waals surface area contributed by atoms with E-state index in [4.69, 9.17) is 10.5 Å². The van der Waals surface area contributed by atoms with E-state index in [1.165, 1.54) is 0 Å². The van der Waals surface area contributed by atoms with Gasteiger partial charge in [-0.1, -0.05) is 60.7 Å². The summed E-state index contributed by atoms with van der Waals surface area (Å²) < 4.78 is 5.65. The Morgan fingerprint density at radius 3 is 2.17 bits per heavy atom. The van der Waals surface area contributed by atoms with E-state index >= 15 is 0 Å². The lowest BCUT2D eigenvalue weighted by atomic mass is 9.87. The van der Waals surface area contributed by atoms with Gasteiger partial charge in [-0.3, -0.25) is 0 Å². The number of aliphatic hydroxyl groups is 1. The molecular weight excluding hydrogens is 374 g/mol. The van der Waals surface area contributed by atoms with E-state index in [9.17, 15) is 5.11 Å². The van der Waals surface area contributed by atoms with Crippen molar-refractivity contribution in [3.63, 3.8) is 0 Å². The molecule has 0 fully saturated rings. The number of benzene rings is 3. The molecule has 156 valence electrons. The highest BCUT2D eigenvalue weighted by molar-refractivity contribution is 5.92. The molecule has 30 heavy (non-hydrogen) atoms. The van der Waals surface area contributed by atoms with Crippen LogP contribution in [-0.2, 0) is 12.0 Å². The topological polar surface area (TPSA) is 79.9 Å². The number of hydrogen-bond donors (Lipinski definition) is 3. The molecule has 5 heteroatoms. The van der Waals surface area contributed by atoms with Crippen molar-refractivity contribution in [3.8, 4) is 5.75 Å². The summed E-state index contributed by atoms with van der Waals surface area (Å²) >= 11 is 0. The summed E-state index contributed by atoms with van der Waals surface area (Å²) in [6.07, 6.45) is 0.561. The number of hydrogen-bond acceptors (Lipinski definition) is 3. The van der Waals surface area contributed by atoms with Crippen LogP contribution in [0.4, 0.5) is 5.69 Å². The predicted octanol–water partition coefficient (Wildman–Crippen LogP) is 4.33. The maximum absolute atomic E-state index is 11.5. The Kier molecular flexibility index (Phi) is 7.09. The van der Waals surface area contributed by atoms with E-state index in [1.807, 2.05) is 98.8 Å². The number of rotatable bonds is 8. The second-order valence-electron chi connectivity index (χ2n) is 7.58. The lowest BCUT2D eigenvalue weighted by Gasteiger charge is -2.27. The molecule has 1 unspecified atom stereocenters. The highest BCUT2D eigenvalue weighted by Gasteiger charge is 2.29. The Morgan fingerprint density at radius 2 is 1.57 bits per heavy atom. The van der Waals surface area contributed by atoms with Gasteiger partial charge in [-0.2, -0.15) is 0 Å². The molecule has 0 radical (unpaired) electrons. The zero-order valence-electron chi connectivity index (χ0n) is 17.5. The van der Waals surface area contributed by atoms with Crippen LogP contribution in [0.25, 0.3) is 0 Å². The van der Waals surface area contributed by atoms with Crippen LogP contribution in [0.1, 0.15) is 25.0 Å². The Bertz CT molecular complexity index is 941. The van der Waals surface area contributed by atoms with E-state index in [0.717, 1.165) is 22.6 Å². The molecule has 4 N–H and O–H groups in total. The van der Waals surface area contributed by atoms with E-state index in [2.05, 4.69) is 10.3 Å². The Hall–Kier alpha value is -3.31. The van der Waals surface area contributed by atoms with Crippen LogP contribution in [0.3, 0.4) is 0 Å². The summed E-state index contributed by atoms with van der Waals surface area (Å²) in [6, 6.07) is 27.0. The van der Waals surface area contributed by atoms with Crippen LogP contribution in [0, 0.1) is 0 Å². The second kappa shape index (κ2) is 9.94. The van der Waals surface area contributed by atoms with E-state index in [-0.39, 0.29) is 18.6 Å². The first kappa shape index (κ1) is 21.4. The number of guanidine groups is 1. The van der Waals surface area contributed by atoms with Crippen molar-refractivity contribution in [2.24, 2.45) is 10.7 Å². The van der Waals surface area contributed by atoms with Gasteiger partial charge in [0, 0.05) is 12.1 Å². The number of nitrogens with one attached hydrogen (secondary N) is 1. The van der Waals surface area contributed by atoms with Crippen LogP contribution in [0.5, 0.6) is 5.75 Å². The summed E-state index contributed by atoms with van der Waals surface area (Å²) in [5.74, 6) is 1.04. The molecule has 0 amide bonds. The molecule has 3 aromatic carbocycles. The average molecular weight is 404 g/mol. The summed E-state index contributed by atoms with van der Waals surface area (Å²) in [5, 5.41) is 14.5. The fourth-order valence-corrected chi connectivity index (χ4v) is 3.22. The van der Waals surface area contributed by atoms with Crippen molar-refractivity contribution >= 4 is 11.6 Å². The molecule has 0 aromatic heterocycles. The summed E-state index contributed by atoms with van der Waals surface area (Å²) in [6.45, 7) is 4.11. The van der Waals surface area contributed by atoms with E-state index < -0.39 is 5.60 Å². The normalized spacial score (nSPS) is 13.7. The van der Waals surface area contributed by atoms with Gasteiger partial charge in [-0.05, 0) is 49.2 Å². The van der Waals surface area contributed by atoms with Crippen molar-refractivity contribution in [1.82, 2.24) is 0 Å². The molecule has 0 aliphatic carbocycles. The summed E-state index contributed by atoms with van der Waals surface area (Å²) in [5.41, 5.74) is 7.58. The van der Waals surface area contributed by atoms with Gasteiger partial charge in [0.25, 0.3) is 0 Å². The molecule has 0 saturated heterocycles. The standard InChI is InChI=1S/C25H29N3O2/c1-19(2)30-23-15-13-22(14-16-23)28-24(26)27-18-25(29,21-11-7-4-8-12-21)17-20-9-5-3-6-10-20/h3-16,19,29H,17-18H2,1-2H3,(H3,26,27,28). The van der Waals surface area contributed by atoms with Crippen LogP contribution in [-0.4, -0.2) is 23.7 Å². The molecule has 3 aromatic rings. The van der Waals surface area contributed by atoms with Crippen molar-refractivity contribution < 1.29 is 9.84 Å². The number of ether oxygens (including phenoxy) is 1. The number of nitrogens with zero attached hydrogens (tertiary/aromatic N) is 1. The van der Waals surface area contributed by atoms with Gasteiger partial charge in [0.15, 0.2) is 5.96 Å². The molecular formula is C25H29N3O2. The maximum atomic E-state index is 11.5. The van der Waals surface area contributed by atoms with Gasteiger partial charge in [0.2, 0.25) is 0 Å². The lowest BCUT2D eigenvalue weighted by Crippen LogP contribution is -2.34. The molecule has 0 spiro atoms. The molecule has 0 heterocycles. The van der Waals surface area contributed by atoms with E-state index in [1.54, 1.807) is 0 Å². The highest BCUT2D eigenvalue weighted by atomic mass is 16.5. The van der Waals surface area contributed by atoms with E-state index in [0.29, 0.717) is 6.42 Å². The molecule has 0 aliphatic rings. The minimum absolute atomic E-state index is 0.121. The quantitative estimate of drug-likeness (QED) is 0.386. The van der Waals surface area contributed by atoms with Gasteiger partial charge in [-0.15, -0.1) is 0 Å². The number of aliphatic imine (C=N–C) groups is 1. The van der Waals surface area contributed by atoms with Gasteiger partial charge < -0.3 is 20.9 Å². The van der Waals surface area contributed by atoms with Crippen molar-refractivity contribution in [2.75, 3.05) is 11.9 Å². The predicted molar refractivity (Wildman–Crippen MR) is 123 cm³/mol. The van der Waals surface area contributed by atoms with Crippen molar-refractivity contribution in [2.45, 2.75) is 32.0 Å². The number of nitrogens with two attached hydrogens (primary N) is 1. The SMILES string of the molecule is CC(C)Oc1ccc(NC(N)=NCC(O)(Cc2ccccc2)c2ccccc2)cc1. The third-order valence-corrected chi connectivity index (χ3v) is 4.66. The molecule has 5 nitrogen and oxygen atoms in total. The third-order valence-electron chi connectivity index (χ3n) is 4.66. The highest BCUT2D eigenvalue weighted by Crippen LogP contribution is 2.26. The van der Waals surface area contributed by atoms with Gasteiger partial charge in [0.1, 0.15) is 11.4 Å². The molecule has 0 saturated carbocycles. The minimum atomic E-state index is -1.16. The fraction of sp³-hybridized carbons (Fsp3) is 0.240. The maximum Gasteiger partial charge on any atom is 0.193 e. The minimum Gasteiger partial charge on any atom is -0.491 e. The zero-order valence-corrected chi connectivity index (χ0v) is 17.5. The monoisotopic (exact) mass is 403 g/mol. The Balaban J connectivity index is 1.73. The van der Waals surface area contributed by atoms with Gasteiger partial charge >= 0.3 is 0 Å². The average Bonchev–Trinajstić information content (AvgIpc) is 2.75. The molecule has 1 atom stereocenters. The smallest absolute Gasteiger partial charge is 0.193 e. The third kappa shape index (κ3) is 6.09. The summed E-state index contributed by atoms with van der Waals surface area (Å²) in [4.78, 5) is 4.44. The molecule has 3 rings (SSSR count). The van der Waals surface area contributed by atoms with Crippen molar-refractivity contribution in [1.29, 1.82) is 0 Å². The lowest BCUT2D eigenvalue weighted by molar-refractivity contribution is 0.0468. The number of anilines is 1. The van der Waals surface area contributed by atoms with Crippen LogP contribution in [0.2, 0.25) is 0 Å². The Labute approximate surface area is 178 Å². The first-order chi connectivity index (χ1) is 14.4.